The fraction of sp³-hybridized carbons (Fsp3) is 0.278. The van der Waals surface area contributed by atoms with Gasteiger partial charge in [0.2, 0.25) is 0 Å². The second-order valence-electron chi connectivity index (χ2n) is 5.32. The summed E-state index contributed by atoms with van der Waals surface area (Å²) in [6.45, 7) is 3.29. The number of rotatable bonds is 3. The Bertz CT molecular complexity index is 655. The molecule has 4 nitrogen and oxygen atoms in total. The molecule has 2 aromatic rings. The molecular formula is C18H19NO3. The van der Waals surface area contributed by atoms with Crippen molar-refractivity contribution in [2.75, 3.05) is 13.2 Å². The van der Waals surface area contributed by atoms with E-state index in [1.165, 1.54) is 0 Å². The number of nitrogens with one attached hydrogen (secondary N) is 1. The average Bonchev–Trinajstić information content (AvgIpc) is 2.80. The zero-order valence-electron chi connectivity index (χ0n) is 12.5. The maximum absolute atomic E-state index is 12.2. The summed E-state index contributed by atoms with van der Waals surface area (Å²) in [4.78, 5) is 12.2. The number of fused-ring (bicyclic) bond motifs is 1. The largest absolute Gasteiger partial charge is 0.490 e. The first-order valence-electron chi connectivity index (χ1n) is 7.49. The van der Waals surface area contributed by atoms with Crippen molar-refractivity contribution in [2.45, 2.75) is 19.4 Å². The Hall–Kier alpha value is -2.49. The molecule has 3 rings (SSSR count). The first-order chi connectivity index (χ1) is 10.7. The number of carbonyl (C=O) groups is 1. The Morgan fingerprint density at radius 3 is 2.55 bits per heavy atom. The van der Waals surface area contributed by atoms with Gasteiger partial charge in [0.15, 0.2) is 11.5 Å². The molecule has 1 atom stereocenters. The third-order valence-corrected chi connectivity index (χ3v) is 3.66. The highest BCUT2D eigenvalue weighted by Gasteiger charge is 2.15. The third-order valence-electron chi connectivity index (χ3n) is 3.66. The van der Waals surface area contributed by atoms with Gasteiger partial charge >= 0.3 is 0 Å². The molecule has 1 amide bonds. The summed E-state index contributed by atoms with van der Waals surface area (Å²) >= 11 is 0. The van der Waals surface area contributed by atoms with Crippen LogP contribution in [0, 0.1) is 0 Å². The van der Waals surface area contributed by atoms with Crippen LogP contribution in [-0.2, 0) is 0 Å². The lowest BCUT2D eigenvalue weighted by atomic mass is 10.1. The summed E-state index contributed by atoms with van der Waals surface area (Å²) in [5.41, 5.74) is 1.65. The zero-order valence-corrected chi connectivity index (χ0v) is 12.5. The Labute approximate surface area is 130 Å². The van der Waals surface area contributed by atoms with E-state index in [1.807, 2.05) is 43.3 Å². The van der Waals surface area contributed by atoms with Gasteiger partial charge in [0.05, 0.1) is 19.3 Å². The van der Waals surface area contributed by atoms with E-state index >= 15 is 0 Å². The number of benzene rings is 2. The van der Waals surface area contributed by atoms with Gasteiger partial charge in [0, 0.05) is 12.0 Å². The summed E-state index contributed by atoms with van der Waals surface area (Å²) in [6.07, 6.45) is 0.879. The molecule has 2 aromatic carbocycles. The SMILES string of the molecule is CC(NC(=O)c1ccccc1)c1ccc2c(c1)OCCCO2. The Kier molecular flexibility index (Phi) is 4.28. The highest BCUT2D eigenvalue weighted by molar-refractivity contribution is 5.94. The molecule has 0 aromatic heterocycles. The van der Waals surface area contributed by atoms with Crippen LogP contribution in [0.15, 0.2) is 48.5 Å². The van der Waals surface area contributed by atoms with Crippen LogP contribution >= 0.6 is 0 Å². The van der Waals surface area contributed by atoms with Gasteiger partial charge in [-0.25, -0.2) is 0 Å². The summed E-state index contributed by atoms with van der Waals surface area (Å²) in [5, 5.41) is 3.00. The molecule has 0 radical (unpaired) electrons. The molecule has 1 aliphatic rings. The Balaban J connectivity index is 1.73. The van der Waals surface area contributed by atoms with Crippen molar-refractivity contribution in [3.63, 3.8) is 0 Å². The van der Waals surface area contributed by atoms with Crippen LogP contribution in [0.4, 0.5) is 0 Å². The molecule has 0 saturated heterocycles. The minimum atomic E-state index is -0.107. The minimum absolute atomic E-state index is 0.0831. The van der Waals surface area contributed by atoms with Gasteiger partial charge in [-0.3, -0.25) is 4.79 Å². The predicted molar refractivity (Wildman–Crippen MR) is 84.4 cm³/mol. The topological polar surface area (TPSA) is 47.6 Å². The summed E-state index contributed by atoms with van der Waals surface area (Å²) in [7, 11) is 0. The summed E-state index contributed by atoms with van der Waals surface area (Å²) < 4.78 is 11.3. The normalized spacial score (nSPS) is 14.8. The van der Waals surface area contributed by atoms with Crippen LogP contribution in [0.1, 0.15) is 35.3 Å². The van der Waals surface area contributed by atoms with Gasteiger partial charge in [-0.05, 0) is 36.8 Å². The monoisotopic (exact) mass is 297 g/mol. The molecular weight excluding hydrogens is 278 g/mol. The van der Waals surface area contributed by atoms with Crippen molar-refractivity contribution in [1.82, 2.24) is 5.32 Å². The predicted octanol–water partition coefficient (Wildman–Crippen LogP) is 3.34. The van der Waals surface area contributed by atoms with E-state index in [-0.39, 0.29) is 11.9 Å². The number of hydrogen-bond donors (Lipinski definition) is 1. The van der Waals surface area contributed by atoms with Gasteiger partial charge < -0.3 is 14.8 Å². The molecule has 0 aliphatic carbocycles. The molecule has 4 heteroatoms. The second kappa shape index (κ2) is 6.52. The van der Waals surface area contributed by atoms with Crippen LogP contribution in [0.3, 0.4) is 0 Å². The molecule has 0 spiro atoms. The standard InChI is InChI=1S/C18H19NO3/c1-13(19-18(20)14-6-3-2-4-7-14)15-8-9-16-17(12-15)22-11-5-10-21-16/h2-4,6-9,12-13H,5,10-11H2,1H3,(H,19,20). The van der Waals surface area contributed by atoms with Gasteiger partial charge in [-0.2, -0.15) is 0 Å². The third kappa shape index (κ3) is 3.22. The van der Waals surface area contributed by atoms with E-state index in [2.05, 4.69) is 5.32 Å². The van der Waals surface area contributed by atoms with Crippen LogP contribution in [0.5, 0.6) is 11.5 Å². The van der Waals surface area contributed by atoms with E-state index in [1.54, 1.807) is 12.1 Å². The lowest BCUT2D eigenvalue weighted by Crippen LogP contribution is -2.26. The van der Waals surface area contributed by atoms with Crippen molar-refractivity contribution < 1.29 is 14.3 Å². The van der Waals surface area contributed by atoms with Crippen LogP contribution in [0.25, 0.3) is 0 Å². The van der Waals surface area contributed by atoms with E-state index in [0.29, 0.717) is 18.8 Å². The van der Waals surface area contributed by atoms with Crippen molar-refractivity contribution in [1.29, 1.82) is 0 Å². The average molecular weight is 297 g/mol. The quantitative estimate of drug-likeness (QED) is 0.945. The fourth-order valence-electron chi connectivity index (χ4n) is 2.40. The first kappa shape index (κ1) is 14.4. The molecule has 1 N–H and O–H groups in total. The van der Waals surface area contributed by atoms with Gasteiger partial charge in [0.1, 0.15) is 0 Å². The highest BCUT2D eigenvalue weighted by atomic mass is 16.5. The molecule has 22 heavy (non-hydrogen) atoms. The summed E-state index contributed by atoms with van der Waals surface area (Å²) in [5.74, 6) is 1.43. The lowest BCUT2D eigenvalue weighted by Gasteiger charge is -2.16. The van der Waals surface area contributed by atoms with Gasteiger partial charge in [-0.1, -0.05) is 24.3 Å². The van der Waals surface area contributed by atoms with Crippen molar-refractivity contribution in [3.05, 3.63) is 59.7 Å². The number of carbonyl (C=O) groups excluding carboxylic acids is 1. The minimum Gasteiger partial charge on any atom is -0.490 e. The Morgan fingerprint density at radius 2 is 1.77 bits per heavy atom. The van der Waals surface area contributed by atoms with Crippen LogP contribution in [-0.4, -0.2) is 19.1 Å². The van der Waals surface area contributed by atoms with E-state index in [4.69, 9.17) is 9.47 Å². The number of amides is 1. The molecule has 1 aliphatic heterocycles. The number of hydrogen-bond acceptors (Lipinski definition) is 3. The van der Waals surface area contributed by atoms with Crippen LogP contribution < -0.4 is 14.8 Å². The first-order valence-corrected chi connectivity index (χ1v) is 7.49. The zero-order chi connectivity index (χ0) is 15.4. The van der Waals surface area contributed by atoms with Crippen LogP contribution in [0.2, 0.25) is 0 Å². The highest BCUT2D eigenvalue weighted by Crippen LogP contribution is 2.32. The maximum atomic E-state index is 12.2. The molecule has 0 fully saturated rings. The van der Waals surface area contributed by atoms with Crippen molar-refractivity contribution in [3.8, 4) is 11.5 Å². The van der Waals surface area contributed by atoms with E-state index in [0.717, 1.165) is 23.5 Å². The van der Waals surface area contributed by atoms with E-state index < -0.39 is 0 Å². The van der Waals surface area contributed by atoms with Crippen molar-refractivity contribution >= 4 is 5.91 Å². The van der Waals surface area contributed by atoms with Crippen molar-refractivity contribution in [2.24, 2.45) is 0 Å². The fourth-order valence-corrected chi connectivity index (χ4v) is 2.40. The van der Waals surface area contributed by atoms with E-state index in [9.17, 15) is 4.79 Å². The molecule has 114 valence electrons. The smallest absolute Gasteiger partial charge is 0.251 e. The second-order valence-corrected chi connectivity index (χ2v) is 5.32. The molecule has 0 bridgehead atoms. The van der Waals surface area contributed by atoms with Gasteiger partial charge in [0.25, 0.3) is 5.91 Å². The lowest BCUT2D eigenvalue weighted by molar-refractivity contribution is 0.0940. The molecule has 0 saturated carbocycles. The maximum Gasteiger partial charge on any atom is 0.251 e. The number of ether oxygens (including phenoxy) is 2. The van der Waals surface area contributed by atoms with Gasteiger partial charge in [-0.15, -0.1) is 0 Å². The molecule has 1 heterocycles. The summed E-state index contributed by atoms with van der Waals surface area (Å²) in [6, 6.07) is 14.9. The Morgan fingerprint density at radius 1 is 1.05 bits per heavy atom. The molecule has 1 unspecified atom stereocenters.